The maximum Gasteiger partial charge on any atom is 0.266 e. The average molecular weight is 419 g/mol. The summed E-state index contributed by atoms with van der Waals surface area (Å²) in [5.74, 6) is -1.06. The molecule has 1 saturated heterocycles. The van der Waals surface area contributed by atoms with Crippen molar-refractivity contribution >= 4 is 15.6 Å². The normalized spacial score (nSPS) is 34.9. The van der Waals surface area contributed by atoms with Crippen LogP contribution in [0, 0.1) is 22.5 Å². The first-order valence-electron chi connectivity index (χ1n) is 9.73. The fraction of sp³-hybridized carbons (Fsp3) is 0.571. The highest BCUT2D eigenvalue weighted by Gasteiger charge is 2.70. The monoisotopic (exact) mass is 419 g/mol. The molecule has 4 rings (SSSR count). The summed E-state index contributed by atoms with van der Waals surface area (Å²) in [6.45, 7) is 7.34. The summed E-state index contributed by atoms with van der Waals surface area (Å²) in [7, 11) is -3.86. The SMILES string of the molecule is Cc1ccc([C@H]2C3=C(CC(C)(C)CC3=O)O[C@]3(C)[C@H]([N+](=O)[O-])CS(=O)(=O)[C@@H]23)cc1. The van der Waals surface area contributed by atoms with E-state index in [1.165, 1.54) is 6.92 Å². The van der Waals surface area contributed by atoms with Crippen LogP contribution in [0.3, 0.4) is 0 Å². The Bertz CT molecular complexity index is 1040. The molecule has 4 atom stereocenters. The standard InChI is InChI=1S/C21H25NO6S/c1-12-5-7-13(8-6-12)17-18-14(23)9-20(2,3)10-15(18)28-21(4)16(22(24)25)11-29(26,27)19(17)21/h5-8,16-17,19H,9-11H2,1-4H3/t16-,17+,19+,21-/m1/s1. The summed E-state index contributed by atoms with van der Waals surface area (Å²) < 4.78 is 32.4. The lowest BCUT2D eigenvalue weighted by Gasteiger charge is -2.46. The minimum absolute atomic E-state index is 0.136. The van der Waals surface area contributed by atoms with E-state index in [-0.39, 0.29) is 11.2 Å². The maximum absolute atomic E-state index is 13.2. The highest BCUT2D eigenvalue weighted by atomic mass is 32.2. The third-order valence-electron chi connectivity index (χ3n) is 6.53. The summed E-state index contributed by atoms with van der Waals surface area (Å²) in [5, 5.41) is 10.6. The molecule has 0 aromatic heterocycles. The van der Waals surface area contributed by atoms with Gasteiger partial charge in [0.25, 0.3) is 6.04 Å². The number of fused-ring (bicyclic) bond motifs is 1. The first-order chi connectivity index (χ1) is 13.4. The van der Waals surface area contributed by atoms with Gasteiger partial charge in [-0.1, -0.05) is 43.7 Å². The summed E-state index contributed by atoms with van der Waals surface area (Å²) in [5.41, 5.74) is 0.195. The molecule has 7 nitrogen and oxygen atoms in total. The summed E-state index contributed by atoms with van der Waals surface area (Å²) >= 11 is 0. The number of Topliss-reactive ketones (excluding diaryl/α,β-unsaturated/α-hetero) is 1. The van der Waals surface area contributed by atoms with E-state index in [9.17, 15) is 23.3 Å². The van der Waals surface area contributed by atoms with Gasteiger partial charge in [-0.3, -0.25) is 14.9 Å². The van der Waals surface area contributed by atoms with Crippen LogP contribution in [-0.2, 0) is 19.4 Å². The van der Waals surface area contributed by atoms with Gasteiger partial charge in [-0.15, -0.1) is 0 Å². The molecule has 1 aromatic rings. The van der Waals surface area contributed by atoms with Gasteiger partial charge in [0, 0.05) is 29.3 Å². The van der Waals surface area contributed by atoms with E-state index >= 15 is 0 Å². The van der Waals surface area contributed by atoms with E-state index in [0.717, 1.165) is 5.56 Å². The first kappa shape index (κ1) is 20.1. The van der Waals surface area contributed by atoms with Gasteiger partial charge in [-0.2, -0.15) is 0 Å². The van der Waals surface area contributed by atoms with Crippen molar-refractivity contribution in [1.29, 1.82) is 0 Å². The number of nitro groups is 1. The highest BCUT2D eigenvalue weighted by molar-refractivity contribution is 7.92. The fourth-order valence-electron chi connectivity index (χ4n) is 5.22. The van der Waals surface area contributed by atoms with Crippen molar-refractivity contribution in [3.8, 4) is 0 Å². The lowest BCUT2D eigenvalue weighted by atomic mass is 9.68. The van der Waals surface area contributed by atoms with E-state index in [1.54, 1.807) is 0 Å². The van der Waals surface area contributed by atoms with E-state index in [4.69, 9.17) is 4.74 Å². The molecular weight excluding hydrogens is 394 g/mol. The summed E-state index contributed by atoms with van der Waals surface area (Å²) in [6.07, 6.45) is 0.739. The van der Waals surface area contributed by atoms with Crippen molar-refractivity contribution in [2.45, 2.75) is 63.3 Å². The van der Waals surface area contributed by atoms with Gasteiger partial charge in [0.1, 0.15) is 16.8 Å². The van der Waals surface area contributed by atoms with Crippen LogP contribution in [0.2, 0.25) is 0 Å². The second kappa shape index (κ2) is 6.14. The lowest BCUT2D eigenvalue weighted by Crippen LogP contribution is -2.56. The number of nitrogens with zero attached hydrogens (tertiary/aromatic N) is 1. The van der Waals surface area contributed by atoms with Gasteiger partial charge in [0.2, 0.25) is 0 Å². The predicted octanol–water partition coefficient (Wildman–Crippen LogP) is 2.95. The van der Waals surface area contributed by atoms with Crippen molar-refractivity contribution in [3.05, 3.63) is 56.8 Å². The Hall–Kier alpha value is -2.22. The number of carbonyl (C=O) groups is 1. The van der Waals surface area contributed by atoms with Crippen molar-refractivity contribution < 1.29 is 22.9 Å². The molecule has 0 bridgehead atoms. The number of sulfone groups is 1. The topological polar surface area (TPSA) is 104 Å². The number of rotatable bonds is 2. The van der Waals surface area contributed by atoms with Crippen LogP contribution < -0.4 is 0 Å². The molecule has 2 aliphatic heterocycles. The van der Waals surface area contributed by atoms with Gasteiger partial charge in [0.05, 0.1) is 0 Å². The molecular formula is C21H25NO6S. The molecule has 29 heavy (non-hydrogen) atoms. The Morgan fingerprint density at radius 3 is 2.34 bits per heavy atom. The molecule has 156 valence electrons. The quantitative estimate of drug-likeness (QED) is 0.539. The van der Waals surface area contributed by atoms with Gasteiger partial charge in [-0.25, -0.2) is 8.42 Å². The molecule has 0 amide bonds. The number of hydrogen-bond donors (Lipinski definition) is 0. The molecule has 0 N–H and O–H groups in total. The van der Waals surface area contributed by atoms with Crippen LogP contribution in [0.15, 0.2) is 35.6 Å². The number of allylic oxidation sites excluding steroid dienone is 2. The van der Waals surface area contributed by atoms with E-state index in [1.807, 2.05) is 45.0 Å². The van der Waals surface area contributed by atoms with Crippen LogP contribution in [0.4, 0.5) is 0 Å². The Morgan fingerprint density at radius 1 is 1.14 bits per heavy atom. The molecule has 0 radical (unpaired) electrons. The Morgan fingerprint density at radius 2 is 1.76 bits per heavy atom. The average Bonchev–Trinajstić information content (AvgIpc) is 2.79. The van der Waals surface area contributed by atoms with Crippen LogP contribution in [0.5, 0.6) is 0 Å². The van der Waals surface area contributed by atoms with Gasteiger partial charge in [-0.05, 0) is 24.8 Å². The second-order valence-corrected chi connectivity index (χ2v) is 11.7. The van der Waals surface area contributed by atoms with Crippen molar-refractivity contribution in [2.24, 2.45) is 5.41 Å². The zero-order valence-corrected chi connectivity index (χ0v) is 17.8. The molecule has 0 unspecified atom stereocenters. The number of benzene rings is 1. The summed E-state index contributed by atoms with van der Waals surface area (Å²) in [4.78, 5) is 24.4. The van der Waals surface area contributed by atoms with Gasteiger partial charge >= 0.3 is 0 Å². The third kappa shape index (κ3) is 2.99. The van der Waals surface area contributed by atoms with Crippen LogP contribution in [0.25, 0.3) is 0 Å². The zero-order chi connectivity index (χ0) is 21.4. The Kier molecular flexibility index (Phi) is 4.25. The smallest absolute Gasteiger partial charge is 0.266 e. The zero-order valence-electron chi connectivity index (χ0n) is 17.0. The number of aryl methyl sites for hydroxylation is 1. The first-order valence-corrected chi connectivity index (χ1v) is 11.4. The predicted molar refractivity (Wildman–Crippen MR) is 107 cm³/mol. The number of carbonyl (C=O) groups excluding carboxylic acids is 1. The Balaban J connectivity index is 1.99. The van der Waals surface area contributed by atoms with Crippen LogP contribution in [-0.4, -0.2) is 41.8 Å². The molecule has 0 saturated carbocycles. The number of ketones is 1. The maximum atomic E-state index is 13.2. The highest BCUT2D eigenvalue weighted by Crippen LogP contribution is 2.55. The van der Waals surface area contributed by atoms with Crippen LogP contribution in [0.1, 0.15) is 50.7 Å². The summed E-state index contributed by atoms with van der Waals surface area (Å²) in [6, 6.07) is 5.99. The minimum Gasteiger partial charge on any atom is -0.483 e. The lowest BCUT2D eigenvalue weighted by molar-refractivity contribution is -0.537. The molecule has 1 aliphatic carbocycles. The van der Waals surface area contributed by atoms with E-state index < -0.39 is 43.3 Å². The van der Waals surface area contributed by atoms with Crippen molar-refractivity contribution in [1.82, 2.24) is 0 Å². The molecule has 0 spiro atoms. The molecule has 2 heterocycles. The number of ether oxygens (including phenoxy) is 1. The van der Waals surface area contributed by atoms with Crippen molar-refractivity contribution in [2.75, 3.05) is 5.75 Å². The van der Waals surface area contributed by atoms with Gasteiger partial charge < -0.3 is 4.74 Å². The largest absolute Gasteiger partial charge is 0.483 e. The third-order valence-corrected chi connectivity index (χ3v) is 8.82. The molecule has 1 aromatic carbocycles. The van der Waals surface area contributed by atoms with E-state index in [0.29, 0.717) is 29.7 Å². The van der Waals surface area contributed by atoms with E-state index in [2.05, 4.69) is 0 Å². The van der Waals surface area contributed by atoms with Crippen LogP contribution >= 0.6 is 0 Å². The molecule has 1 fully saturated rings. The number of hydrogen-bond acceptors (Lipinski definition) is 6. The van der Waals surface area contributed by atoms with Crippen molar-refractivity contribution in [3.63, 3.8) is 0 Å². The fourth-order valence-corrected chi connectivity index (χ4v) is 7.94. The van der Waals surface area contributed by atoms with Gasteiger partial charge in [0.15, 0.2) is 21.2 Å². The molecule has 8 heteroatoms. The second-order valence-electron chi connectivity index (χ2n) is 9.50. The molecule has 3 aliphatic rings. The Labute approximate surface area is 170 Å². The minimum atomic E-state index is -3.86.